The monoisotopic (exact) mass is 280 g/mol. The van der Waals surface area contributed by atoms with Gasteiger partial charge in [0.15, 0.2) is 0 Å². The van der Waals surface area contributed by atoms with E-state index in [1.165, 1.54) is 37.8 Å². The van der Waals surface area contributed by atoms with Crippen molar-refractivity contribution in [2.24, 2.45) is 5.41 Å². The van der Waals surface area contributed by atoms with Gasteiger partial charge in [-0.05, 0) is 36.3 Å². The van der Waals surface area contributed by atoms with Crippen molar-refractivity contribution in [3.63, 3.8) is 0 Å². The summed E-state index contributed by atoms with van der Waals surface area (Å²) in [6.07, 6.45) is 6.17. The fraction of sp³-hybridized carbons (Fsp3) is 0.600. The number of halogens is 1. The number of nitrogens with zero attached hydrogens (tertiary/aromatic N) is 1. The summed E-state index contributed by atoms with van der Waals surface area (Å²) in [5.41, 5.74) is 0.799. The summed E-state index contributed by atoms with van der Waals surface area (Å²) in [4.78, 5) is 10.1. The molecule has 0 atom stereocenters. The van der Waals surface area contributed by atoms with Crippen LogP contribution >= 0.6 is 0 Å². The summed E-state index contributed by atoms with van der Waals surface area (Å²) in [6.45, 7) is 3.58. The van der Waals surface area contributed by atoms with Crippen LogP contribution in [0.3, 0.4) is 0 Å². The molecule has 1 aromatic carbocycles. The van der Waals surface area contributed by atoms with Crippen LogP contribution in [0.1, 0.15) is 44.6 Å². The van der Waals surface area contributed by atoms with E-state index in [9.17, 15) is 14.5 Å². The highest BCUT2D eigenvalue weighted by Gasteiger charge is 2.31. The second-order valence-electron chi connectivity index (χ2n) is 5.74. The second kappa shape index (κ2) is 6.31. The van der Waals surface area contributed by atoms with Crippen molar-refractivity contribution in [1.29, 1.82) is 0 Å². The molecule has 0 heterocycles. The molecule has 1 saturated carbocycles. The molecule has 4 nitrogen and oxygen atoms in total. The zero-order valence-corrected chi connectivity index (χ0v) is 11.8. The third-order valence-electron chi connectivity index (χ3n) is 4.40. The van der Waals surface area contributed by atoms with E-state index in [1.54, 1.807) is 0 Å². The molecular weight excluding hydrogens is 259 g/mol. The molecule has 1 aliphatic rings. The van der Waals surface area contributed by atoms with E-state index in [-0.39, 0.29) is 5.69 Å². The highest BCUT2D eigenvalue weighted by molar-refractivity contribution is 5.35. The fourth-order valence-electron chi connectivity index (χ4n) is 3.09. The lowest BCUT2D eigenvalue weighted by molar-refractivity contribution is -0.385. The summed E-state index contributed by atoms with van der Waals surface area (Å²) in [7, 11) is 0. The summed E-state index contributed by atoms with van der Waals surface area (Å²) in [6, 6.07) is 3.74. The Kier molecular flexibility index (Phi) is 4.70. The SMILES string of the molecule is CCC1(CNCc2cc(F)cc([N+](=O)[O-])c2)CCCC1. The molecule has 1 aromatic rings. The molecule has 0 aliphatic heterocycles. The van der Waals surface area contributed by atoms with Gasteiger partial charge in [0.25, 0.3) is 5.69 Å². The smallest absolute Gasteiger partial charge is 0.272 e. The minimum absolute atomic E-state index is 0.187. The summed E-state index contributed by atoms with van der Waals surface area (Å²) < 4.78 is 13.3. The maximum absolute atomic E-state index is 13.3. The second-order valence-corrected chi connectivity index (χ2v) is 5.74. The van der Waals surface area contributed by atoms with Gasteiger partial charge < -0.3 is 5.32 Å². The van der Waals surface area contributed by atoms with Crippen LogP contribution in [0.25, 0.3) is 0 Å². The van der Waals surface area contributed by atoms with Crippen molar-refractivity contribution < 1.29 is 9.31 Å². The standard InChI is InChI=1S/C15H21FN2O2/c1-2-15(5-3-4-6-15)11-17-10-12-7-13(16)9-14(8-12)18(19)20/h7-9,17H,2-6,10-11H2,1H3. The average molecular weight is 280 g/mol. The van der Waals surface area contributed by atoms with Gasteiger partial charge in [0.2, 0.25) is 0 Å². The van der Waals surface area contributed by atoms with Gasteiger partial charge in [0, 0.05) is 19.2 Å². The first-order valence-electron chi connectivity index (χ1n) is 7.19. The number of nitrogens with one attached hydrogen (secondary N) is 1. The average Bonchev–Trinajstić information content (AvgIpc) is 2.87. The quantitative estimate of drug-likeness (QED) is 0.637. The molecule has 0 aromatic heterocycles. The van der Waals surface area contributed by atoms with Crippen LogP contribution < -0.4 is 5.32 Å². The third-order valence-corrected chi connectivity index (χ3v) is 4.40. The van der Waals surface area contributed by atoms with Crippen LogP contribution in [-0.4, -0.2) is 11.5 Å². The Morgan fingerprint density at radius 3 is 2.65 bits per heavy atom. The molecule has 2 rings (SSSR count). The van der Waals surface area contributed by atoms with Crippen LogP contribution in [0.4, 0.5) is 10.1 Å². The van der Waals surface area contributed by atoms with Crippen LogP contribution in [0.5, 0.6) is 0 Å². The fourth-order valence-corrected chi connectivity index (χ4v) is 3.09. The maximum Gasteiger partial charge on any atom is 0.272 e. The summed E-state index contributed by atoms with van der Waals surface area (Å²) >= 11 is 0. The van der Waals surface area contributed by atoms with Crippen molar-refractivity contribution in [3.05, 3.63) is 39.7 Å². The number of nitro benzene ring substituents is 1. The number of hydrogen-bond donors (Lipinski definition) is 1. The van der Waals surface area contributed by atoms with E-state index in [0.717, 1.165) is 19.0 Å². The normalized spacial score (nSPS) is 17.3. The zero-order chi connectivity index (χ0) is 14.6. The van der Waals surface area contributed by atoms with Crippen LogP contribution in [0, 0.1) is 21.3 Å². The summed E-state index contributed by atoms with van der Waals surface area (Å²) in [5, 5.41) is 14.0. The minimum Gasteiger partial charge on any atom is -0.312 e. The van der Waals surface area contributed by atoms with Gasteiger partial charge >= 0.3 is 0 Å². The van der Waals surface area contributed by atoms with E-state index in [1.807, 2.05) is 0 Å². The van der Waals surface area contributed by atoms with Crippen molar-refractivity contribution >= 4 is 5.69 Å². The number of rotatable bonds is 6. The van der Waals surface area contributed by atoms with Gasteiger partial charge in [0.1, 0.15) is 5.82 Å². The molecule has 0 saturated heterocycles. The van der Waals surface area contributed by atoms with Crippen molar-refractivity contribution in [1.82, 2.24) is 5.32 Å². The van der Waals surface area contributed by atoms with Gasteiger partial charge in [0.05, 0.1) is 11.0 Å². The molecule has 0 amide bonds. The lowest BCUT2D eigenvalue weighted by atomic mass is 9.83. The number of hydrogen-bond acceptors (Lipinski definition) is 3. The number of non-ortho nitro benzene ring substituents is 1. The van der Waals surface area contributed by atoms with Gasteiger partial charge in [-0.25, -0.2) is 4.39 Å². The molecule has 5 heteroatoms. The van der Waals surface area contributed by atoms with E-state index in [0.29, 0.717) is 17.5 Å². The minimum atomic E-state index is -0.558. The Bertz CT molecular complexity index is 485. The van der Waals surface area contributed by atoms with E-state index in [2.05, 4.69) is 12.2 Å². The zero-order valence-electron chi connectivity index (χ0n) is 11.8. The van der Waals surface area contributed by atoms with Crippen molar-refractivity contribution in [2.75, 3.05) is 6.54 Å². The maximum atomic E-state index is 13.3. The topological polar surface area (TPSA) is 55.2 Å². The van der Waals surface area contributed by atoms with E-state index in [4.69, 9.17) is 0 Å². The lowest BCUT2D eigenvalue weighted by Gasteiger charge is -2.27. The summed E-state index contributed by atoms with van der Waals surface area (Å²) in [5.74, 6) is -0.554. The van der Waals surface area contributed by atoms with Gasteiger partial charge in [-0.2, -0.15) is 0 Å². The Balaban J connectivity index is 1.95. The van der Waals surface area contributed by atoms with Gasteiger partial charge in [-0.3, -0.25) is 10.1 Å². The van der Waals surface area contributed by atoms with Crippen LogP contribution in [0.2, 0.25) is 0 Å². The van der Waals surface area contributed by atoms with Gasteiger partial charge in [-0.1, -0.05) is 19.8 Å². The van der Waals surface area contributed by atoms with E-state index < -0.39 is 10.7 Å². The first kappa shape index (κ1) is 14.9. The van der Waals surface area contributed by atoms with Crippen LogP contribution in [-0.2, 0) is 6.54 Å². The molecule has 20 heavy (non-hydrogen) atoms. The molecule has 110 valence electrons. The van der Waals surface area contributed by atoms with Crippen molar-refractivity contribution in [2.45, 2.75) is 45.6 Å². The predicted octanol–water partition coefficient (Wildman–Crippen LogP) is 3.79. The van der Waals surface area contributed by atoms with Crippen molar-refractivity contribution in [3.8, 4) is 0 Å². The first-order chi connectivity index (χ1) is 9.54. The predicted molar refractivity (Wildman–Crippen MR) is 76.0 cm³/mol. The Morgan fingerprint density at radius 1 is 1.35 bits per heavy atom. The Hall–Kier alpha value is -1.49. The molecule has 1 N–H and O–H groups in total. The molecule has 1 fully saturated rings. The highest BCUT2D eigenvalue weighted by atomic mass is 19.1. The molecule has 1 aliphatic carbocycles. The third kappa shape index (κ3) is 3.54. The molecule has 0 spiro atoms. The molecule has 0 radical (unpaired) electrons. The largest absolute Gasteiger partial charge is 0.312 e. The van der Waals surface area contributed by atoms with E-state index >= 15 is 0 Å². The number of nitro groups is 1. The van der Waals surface area contributed by atoms with Crippen LogP contribution in [0.15, 0.2) is 18.2 Å². The molecule has 0 unspecified atom stereocenters. The molecular formula is C15H21FN2O2. The number of benzene rings is 1. The highest BCUT2D eigenvalue weighted by Crippen LogP contribution is 2.40. The molecule has 0 bridgehead atoms. The Labute approximate surface area is 118 Å². The lowest BCUT2D eigenvalue weighted by Crippen LogP contribution is -2.31. The van der Waals surface area contributed by atoms with Gasteiger partial charge in [-0.15, -0.1) is 0 Å². The first-order valence-corrected chi connectivity index (χ1v) is 7.19. The Morgan fingerprint density at radius 2 is 2.05 bits per heavy atom.